The molecule has 0 saturated heterocycles. The minimum atomic E-state index is -0.147. The fourth-order valence-electron chi connectivity index (χ4n) is 3.16. The van der Waals surface area contributed by atoms with Crippen LogP contribution in [-0.2, 0) is 11.3 Å². The third-order valence-corrected chi connectivity index (χ3v) is 4.05. The molecule has 4 heteroatoms. The number of benzene rings is 1. The summed E-state index contributed by atoms with van der Waals surface area (Å²) in [7, 11) is 0. The Morgan fingerprint density at radius 2 is 2.25 bits per heavy atom. The Bertz CT molecular complexity index is 688. The molecule has 1 N–H and O–H groups in total. The molecule has 0 radical (unpaired) electrons. The van der Waals surface area contributed by atoms with Gasteiger partial charge < -0.3 is 9.88 Å². The van der Waals surface area contributed by atoms with E-state index < -0.39 is 0 Å². The summed E-state index contributed by atoms with van der Waals surface area (Å²) in [5, 5.41) is 3.33. The molecular weight excluding hydrogens is 250 g/mol. The largest absolute Gasteiger partial charge is 0.371 e. The molecule has 2 heterocycles. The molecule has 4 nitrogen and oxygen atoms in total. The lowest BCUT2D eigenvalue weighted by Crippen LogP contribution is -2.32. The average Bonchev–Trinajstić information content (AvgIpc) is 3.07. The number of hydrogen-bond acceptors (Lipinski definition) is 3. The van der Waals surface area contributed by atoms with E-state index in [9.17, 15) is 4.79 Å². The minimum Gasteiger partial charge on any atom is -0.371 e. The smallest absolute Gasteiger partial charge is 0.160 e. The number of hydrogen-bond donors (Lipinski definition) is 1. The van der Waals surface area contributed by atoms with E-state index in [2.05, 4.69) is 22.4 Å². The van der Waals surface area contributed by atoms with Gasteiger partial charge in [0.2, 0.25) is 0 Å². The topological polar surface area (TPSA) is 46.9 Å². The Hall–Kier alpha value is -2.36. The molecule has 0 fully saturated rings. The van der Waals surface area contributed by atoms with E-state index in [1.807, 2.05) is 29.0 Å². The van der Waals surface area contributed by atoms with Crippen molar-refractivity contribution < 1.29 is 4.79 Å². The van der Waals surface area contributed by atoms with Gasteiger partial charge in [0.05, 0.1) is 6.33 Å². The zero-order valence-corrected chi connectivity index (χ0v) is 11.0. The standard InChI is InChI=1S/C16H15N3O/c20-15-8-11(9-19-6-5-17-10-19)7-13-12-3-1-2-4-14(12)18-16(13)15/h1-7,10-11,16,18H,8-9H2. The Morgan fingerprint density at radius 1 is 1.35 bits per heavy atom. The van der Waals surface area contributed by atoms with Crippen LogP contribution in [-0.4, -0.2) is 21.4 Å². The number of para-hydroxylation sites is 1. The van der Waals surface area contributed by atoms with E-state index in [1.165, 1.54) is 5.56 Å². The number of carbonyl (C=O) groups is 1. The lowest BCUT2D eigenvalue weighted by molar-refractivity contribution is -0.119. The van der Waals surface area contributed by atoms with Crippen molar-refractivity contribution in [3.8, 4) is 0 Å². The normalized spacial score (nSPS) is 23.8. The van der Waals surface area contributed by atoms with Crippen molar-refractivity contribution in [2.75, 3.05) is 5.32 Å². The molecule has 2 aromatic rings. The third kappa shape index (κ3) is 1.76. The van der Waals surface area contributed by atoms with Crippen LogP contribution in [0.5, 0.6) is 0 Å². The number of fused-ring (bicyclic) bond motifs is 3. The molecule has 0 saturated carbocycles. The zero-order valence-electron chi connectivity index (χ0n) is 11.0. The summed E-state index contributed by atoms with van der Waals surface area (Å²) in [6.07, 6.45) is 8.36. The molecule has 1 aromatic heterocycles. The first kappa shape index (κ1) is 11.5. The number of rotatable bonds is 2. The summed E-state index contributed by atoms with van der Waals surface area (Å²) in [6.45, 7) is 0.810. The molecule has 1 aliphatic carbocycles. The van der Waals surface area contributed by atoms with Crippen molar-refractivity contribution in [3.63, 3.8) is 0 Å². The molecule has 100 valence electrons. The average molecular weight is 265 g/mol. The Kier molecular flexibility index (Phi) is 2.49. The van der Waals surface area contributed by atoms with Crippen molar-refractivity contribution in [1.82, 2.24) is 9.55 Å². The molecule has 1 aromatic carbocycles. The summed E-state index contributed by atoms with van der Waals surface area (Å²) in [6, 6.07) is 7.99. The molecule has 2 aliphatic rings. The summed E-state index contributed by atoms with van der Waals surface area (Å²) in [5.41, 5.74) is 3.38. The van der Waals surface area contributed by atoms with Gasteiger partial charge in [0.1, 0.15) is 6.04 Å². The second-order valence-electron chi connectivity index (χ2n) is 5.43. The molecular formula is C16H15N3O. The van der Waals surface area contributed by atoms with Crippen LogP contribution in [0.25, 0.3) is 5.57 Å². The highest BCUT2D eigenvalue weighted by Crippen LogP contribution is 2.39. The van der Waals surface area contributed by atoms with Crippen LogP contribution < -0.4 is 5.32 Å². The summed E-state index contributed by atoms with van der Waals surface area (Å²) >= 11 is 0. The van der Waals surface area contributed by atoms with Crippen LogP contribution in [0.3, 0.4) is 0 Å². The first-order chi connectivity index (χ1) is 9.81. The second-order valence-corrected chi connectivity index (χ2v) is 5.43. The number of ketones is 1. The van der Waals surface area contributed by atoms with E-state index in [4.69, 9.17) is 0 Å². The fourth-order valence-corrected chi connectivity index (χ4v) is 3.16. The number of Topliss-reactive ketones (excluding diaryl/α,β-unsaturated/α-hetero) is 1. The minimum absolute atomic E-state index is 0.147. The SMILES string of the molecule is O=C1CC(Cn2ccnc2)C=C2c3ccccc3NC12. The van der Waals surface area contributed by atoms with Crippen molar-refractivity contribution in [3.05, 3.63) is 54.6 Å². The van der Waals surface area contributed by atoms with Crippen LogP contribution in [0, 0.1) is 5.92 Å². The summed E-state index contributed by atoms with van der Waals surface area (Å²) in [5.74, 6) is 0.528. The molecule has 0 spiro atoms. The van der Waals surface area contributed by atoms with Gasteiger partial charge in [-0.25, -0.2) is 4.98 Å². The van der Waals surface area contributed by atoms with Crippen LogP contribution in [0.2, 0.25) is 0 Å². The maximum atomic E-state index is 12.4. The molecule has 20 heavy (non-hydrogen) atoms. The highest BCUT2D eigenvalue weighted by molar-refractivity contribution is 6.06. The Morgan fingerprint density at radius 3 is 3.10 bits per heavy atom. The van der Waals surface area contributed by atoms with Gasteiger partial charge in [-0.3, -0.25) is 4.79 Å². The van der Waals surface area contributed by atoms with Gasteiger partial charge in [-0.15, -0.1) is 0 Å². The summed E-state index contributed by atoms with van der Waals surface area (Å²) < 4.78 is 2.03. The predicted molar refractivity (Wildman–Crippen MR) is 77.2 cm³/mol. The Balaban J connectivity index is 1.69. The van der Waals surface area contributed by atoms with Crippen molar-refractivity contribution in [1.29, 1.82) is 0 Å². The van der Waals surface area contributed by atoms with Crippen LogP contribution in [0.4, 0.5) is 5.69 Å². The van der Waals surface area contributed by atoms with E-state index in [0.717, 1.165) is 17.8 Å². The highest BCUT2D eigenvalue weighted by atomic mass is 16.1. The molecule has 0 amide bonds. The van der Waals surface area contributed by atoms with Gasteiger partial charge in [-0.05, 0) is 11.6 Å². The van der Waals surface area contributed by atoms with Gasteiger partial charge in [0.15, 0.2) is 5.78 Å². The zero-order chi connectivity index (χ0) is 13.5. The molecule has 4 rings (SSSR count). The predicted octanol–water partition coefficient (Wildman–Crippen LogP) is 2.35. The lowest BCUT2D eigenvalue weighted by Gasteiger charge is -2.23. The van der Waals surface area contributed by atoms with Crippen molar-refractivity contribution >= 4 is 17.0 Å². The van der Waals surface area contributed by atoms with E-state index in [-0.39, 0.29) is 17.7 Å². The lowest BCUT2D eigenvalue weighted by atomic mass is 9.85. The van der Waals surface area contributed by atoms with E-state index >= 15 is 0 Å². The number of carbonyl (C=O) groups excluding carboxylic acids is 1. The van der Waals surface area contributed by atoms with Crippen LogP contribution >= 0.6 is 0 Å². The first-order valence-corrected chi connectivity index (χ1v) is 6.87. The van der Waals surface area contributed by atoms with Crippen molar-refractivity contribution in [2.45, 2.75) is 19.0 Å². The van der Waals surface area contributed by atoms with Gasteiger partial charge in [0.25, 0.3) is 0 Å². The van der Waals surface area contributed by atoms with Gasteiger partial charge >= 0.3 is 0 Å². The van der Waals surface area contributed by atoms with E-state index in [0.29, 0.717) is 6.42 Å². The number of nitrogens with one attached hydrogen (secondary N) is 1. The molecule has 1 aliphatic heterocycles. The highest BCUT2D eigenvalue weighted by Gasteiger charge is 2.36. The first-order valence-electron chi connectivity index (χ1n) is 6.87. The fraction of sp³-hybridized carbons (Fsp3) is 0.250. The van der Waals surface area contributed by atoms with Gasteiger partial charge in [-0.1, -0.05) is 24.3 Å². The van der Waals surface area contributed by atoms with Crippen molar-refractivity contribution in [2.24, 2.45) is 5.92 Å². The monoisotopic (exact) mass is 265 g/mol. The number of anilines is 1. The third-order valence-electron chi connectivity index (χ3n) is 4.05. The van der Waals surface area contributed by atoms with Crippen LogP contribution in [0.15, 0.2) is 49.1 Å². The number of nitrogens with zero attached hydrogens (tertiary/aromatic N) is 2. The number of imidazole rings is 1. The summed E-state index contributed by atoms with van der Waals surface area (Å²) in [4.78, 5) is 16.4. The maximum Gasteiger partial charge on any atom is 0.160 e. The van der Waals surface area contributed by atoms with Crippen LogP contribution in [0.1, 0.15) is 12.0 Å². The maximum absolute atomic E-state index is 12.4. The molecule has 0 bridgehead atoms. The van der Waals surface area contributed by atoms with Gasteiger partial charge in [0, 0.05) is 42.5 Å². The quantitative estimate of drug-likeness (QED) is 0.906. The number of allylic oxidation sites excluding steroid dienone is 1. The van der Waals surface area contributed by atoms with Gasteiger partial charge in [-0.2, -0.15) is 0 Å². The number of aromatic nitrogens is 2. The Labute approximate surface area is 117 Å². The second kappa shape index (κ2) is 4.34. The molecule has 2 atom stereocenters. The van der Waals surface area contributed by atoms with E-state index in [1.54, 1.807) is 12.5 Å². The molecule has 2 unspecified atom stereocenters.